The van der Waals surface area contributed by atoms with Crippen LogP contribution >= 0.6 is 15.9 Å². The number of amides is 1. The second kappa shape index (κ2) is 7.44. The third-order valence-electron chi connectivity index (χ3n) is 3.51. The van der Waals surface area contributed by atoms with Gasteiger partial charge in [0.05, 0.1) is 37.1 Å². The number of carbonyl (C=O) groups excluding carboxylic acids is 2. The van der Waals surface area contributed by atoms with Crippen molar-refractivity contribution in [2.45, 2.75) is 6.18 Å². The number of aliphatic hydroxyl groups is 1. The summed E-state index contributed by atoms with van der Waals surface area (Å²) in [6.07, 6.45) is -4.50. The number of esters is 1. The first-order valence-corrected chi connectivity index (χ1v) is 7.83. The van der Waals surface area contributed by atoms with Crippen molar-refractivity contribution < 1.29 is 32.6 Å². The third kappa shape index (κ3) is 4.13. The number of benzene rings is 1. The lowest BCUT2D eigenvalue weighted by Crippen LogP contribution is -2.31. The predicted octanol–water partition coefficient (Wildman–Crippen LogP) is 2.14. The van der Waals surface area contributed by atoms with Gasteiger partial charge in [0, 0.05) is 11.0 Å². The summed E-state index contributed by atoms with van der Waals surface area (Å²) in [5, 5.41) is 11.7. The SMILES string of the molecule is COC(=O)C1=C(Nc2ccc(C(F)(F)F)cc2Br)C(=O)N(CCO)C1. The number of aliphatic hydroxyl groups excluding tert-OH is 1. The maximum absolute atomic E-state index is 12.7. The number of ether oxygens (including phenoxy) is 1. The van der Waals surface area contributed by atoms with E-state index in [1.165, 1.54) is 4.90 Å². The average molecular weight is 423 g/mol. The van der Waals surface area contributed by atoms with Crippen LogP contribution in [0.5, 0.6) is 0 Å². The summed E-state index contributed by atoms with van der Waals surface area (Å²) in [4.78, 5) is 25.4. The summed E-state index contributed by atoms with van der Waals surface area (Å²) < 4.78 is 42.9. The molecule has 10 heteroatoms. The van der Waals surface area contributed by atoms with Crippen LogP contribution in [0.2, 0.25) is 0 Å². The van der Waals surface area contributed by atoms with Gasteiger partial charge in [0.25, 0.3) is 5.91 Å². The minimum absolute atomic E-state index is 0.0126. The van der Waals surface area contributed by atoms with Crippen LogP contribution in [0.4, 0.5) is 18.9 Å². The van der Waals surface area contributed by atoms with E-state index in [-0.39, 0.29) is 41.1 Å². The number of carbonyl (C=O) groups is 2. The van der Waals surface area contributed by atoms with Crippen molar-refractivity contribution in [2.24, 2.45) is 0 Å². The van der Waals surface area contributed by atoms with Crippen molar-refractivity contribution in [1.29, 1.82) is 0 Å². The van der Waals surface area contributed by atoms with Crippen molar-refractivity contribution in [3.8, 4) is 0 Å². The van der Waals surface area contributed by atoms with Crippen LogP contribution in [0.1, 0.15) is 5.56 Å². The Morgan fingerprint density at radius 2 is 2.12 bits per heavy atom. The van der Waals surface area contributed by atoms with E-state index >= 15 is 0 Å². The highest BCUT2D eigenvalue weighted by Gasteiger charge is 2.35. The predicted molar refractivity (Wildman–Crippen MR) is 85.5 cm³/mol. The van der Waals surface area contributed by atoms with Crippen molar-refractivity contribution in [3.63, 3.8) is 0 Å². The molecule has 0 spiro atoms. The van der Waals surface area contributed by atoms with Crippen LogP contribution in [0.15, 0.2) is 33.9 Å². The summed E-state index contributed by atoms with van der Waals surface area (Å²) in [6, 6.07) is 2.87. The highest BCUT2D eigenvalue weighted by Crippen LogP contribution is 2.35. The molecule has 2 N–H and O–H groups in total. The van der Waals surface area contributed by atoms with Crippen LogP contribution in [0.3, 0.4) is 0 Å². The number of anilines is 1. The van der Waals surface area contributed by atoms with Gasteiger partial charge >= 0.3 is 12.1 Å². The lowest BCUT2D eigenvalue weighted by atomic mass is 10.2. The van der Waals surface area contributed by atoms with Crippen LogP contribution in [-0.4, -0.2) is 48.7 Å². The number of nitrogens with one attached hydrogen (secondary N) is 1. The van der Waals surface area contributed by atoms with Gasteiger partial charge in [-0.05, 0) is 34.1 Å². The maximum atomic E-state index is 12.7. The molecule has 0 fully saturated rings. The van der Waals surface area contributed by atoms with Gasteiger partial charge in [0.15, 0.2) is 0 Å². The van der Waals surface area contributed by atoms with Crippen LogP contribution in [0.25, 0.3) is 0 Å². The lowest BCUT2D eigenvalue weighted by Gasteiger charge is -2.16. The number of β-amino-alcohol motifs (C(OH)–C–C–N with tert-alkyl or cyclic N) is 1. The van der Waals surface area contributed by atoms with E-state index in [1.807, 2.05) is 0 Å². The third-order valence-corrected chi connectivity index (χ3v) is 4.17. The molecule has 6 nitrogen and oxygen atoms in total. The molecule has 0 radical (unpaired) electrons. The minimum atomic E-state index is -4.50. The molecule has 0 saturated heterocycles. The minimum Gasteiger partial charge on any atom is -0.466 e. The largest absolute Gasteiger partial charge is 0.466 e. The Balaban J connectivity index is 2.35. The second-order valence-electron chi connectivity index (χ2n) is 5.11. The summed E-state index contributed by atoms with van der Waals surface area (Å²) in [7, 11) is 1.15. The molecule has 2 rings (SSSR count). The van der Waals surface area contributed by atoms with Gasteiger partial charge in [-0.15, -0.1) is 0 Å². The Morgan fingerprint density at radius 3 is 2.64 bits per heavy atom. The van der Waals surface area contributed by atoms with Gasteiger partial charge < -0.3 is 20.1 Å². The van der Waals surface area contributed by atoms with E-state index < -0.39 is 23.6 Å². The van der Waals surface area contributed by atoms with E-state index in [1.54, 1.807) is 0 Å². The van der Waals surface area contributed by atoms with E-state index in [4.69, 9.17) is 5.11 Å². The van der Waals surface area contributed by atoms with Crippen molar-refractivity contribution >= 4 is 33.5 Å². The molecule has 0 bridgehead atoms. The molecule has 1 aliphatic heterocycles. The van der Waals surface area contributed by atoms with E-state index in [2.05, 4.69) is 26.0 Å². The van der Waals surface area contributed by atoms with Gasteiger partial charge in [-0.1, -0.05) is 0 Å². The molecule has 0 saturated carbocycles. The Kier molecular flexibility index (Phi) is 5.73. The molecular weight excluding hydrogens is 409 g/mol. The topological polar surface area (TPSA) is 78.9 Å². The fraction of sp³-hybridized carbons (Fsp3) is 0.333. The molecule has 136 valence electrons. The number of alkyl halides is 3. The summed E-state index contributed by atoms with van der Waals surface area (Å²) in [5.41, 5.74) is -0.733. The van der Waals surface area contributed by atoms with Crippen molar-refractivity contribution in [2.75, 3.05) is 32.1 Å². The number of nitrogens with zero attached hydrogens (tertiary/aromatic N) is 1. The molecule has 0 unspecified atom stereocenters. The lowest BCUT2D eigenvalue weighted by molar-refractivity contribution is -0.138. The molecule has 0 aliphatic carbocycles. The fourth-order valence-corrected chi connectivity index (χ4v) is 2.75. The number of methoxy groups -OCH3 is 1. The molecule has 1 aromatic carbocycles. The molecule has 0 aromatic heterocycles. The second-order valence-corrected chi connectivity index (χ2v) is 5.97. The summed E-state index contributed by atoms with van der Waals surface area (Å²) in [5.74, 6) is -1.29. The zero-order valence-electron chi connectivity index (χ0n) is 13.0. The van der Waals surface area contributed by atoms with Crippen molar-refractivity contribution in [3.05, 3.63) is 39.5 Å². The first-order valence-electron chi connectivity index (χ1n) is 7.04. The molecule has 25 heavy (non-hydrogen) atoms. The Hall–Kier alpha value is -2.07. The molecule has 1 aromatic rings. The van der Waals surface area contributed by atoms with Crippen LogP contribution in [0, 0.1) is 0 Å². The van der Waals surface area contributed by atoms with E-state index in [0.29, 0.717) is 0 Å². The smallest absolute Gasteiger partial charge is 0.416 e. The van der Waals surface area contributed by atoms with Gasteiger partial charge in [0.2, 0.25) is 0 Å². The highest BCUT2D eigenvalue weighted by molar-refractivity contribution is 9.10. The molecule has 1 heterocycles. The van der Waals surface area contributed by atoms with Gasteiger partial charge in [-0.25, -0.2) is 4.79 Å². The molecular formula is C15H14BrF3N2O4. The maximum Gasteiger partial charge on any atom is 0.416 e. The van der Waals surface area contributed by atoms with Gasteiger partial charge in [0.1, 0.15) is 5.70 Å². The van der Waals surface area contributed by atoms with E-state index in [9.17, 15) is 22.8 Å². The number of hydrogen-bond acceptors (Lipinski definition) is 5. The zero-order valence-corrected chi connectivity index (χ0v) is 14.6. The Bertz CT molecular complexity index is 734. The average Bonchev–Trinajstić information content (AvgIpc) is 2.85. The number of halogens is 4. The standard InChI is InChI=1S/C15H14BrF3N2O4/c1-25-14(24)9-7-21(4-5-22)13(23)12(9)20-11-3-2-8(6-10(11)16)15(17,18)19/h2-3,6,20,22H,4-5,7H2,1H3. The molecule has 1 amide bonds. The Morgan fingerprint density at radius 1 is 1.44 bits per heavy atom. The number of rotatable bonds is 5. The van der Waals surface area contributed by atoms with E-state index in [0.717, 1.165) is 25.3 Å². The monoisotopic (exact) mass is 422 g/mol. The first-order chi connectivity index (χ1) is 11.7. The normalized spacial score (nSPS) is 15.0. The molecule has 0 atom stereocenters. The zero-order chi connectivity index (χ0) is 18.8. The quantitative estimate of drug-likeness (QED) is 0.710. The fourth-order valence-electron chi connectivity index (χ4n) is 2.28. The van der Waals surface area contributed by atoms with Gasteiger partial charge in [-0.3, -0.25) is 4.79 Å². The van der Waals surface area contributed by atoms with Crippen LogP contribution in [-0.2, 0) is 20.5 Å². The van der Waals surface area contributed by atoms with Crippen molar-refractivity contribution in [1.82, 2.24) is 4.90 Å². The summed E-state index contributed by atoms with van der Waals surface area (Å²) in [6.45, 7) is -0.344. The first kappa shape index (κ1) is 19.3. The highest BCUT2D eigenvalue weighted by atomic mass is 79.9. The van der Waals surface area contributed by atoms with Gasteiger partial charge in [-0.2, -0.15) is 13.2 Å². The Labute approximate surface area is 149 Å². The number of hydrogen-bond donors (Lipinski definition) is 2. The van der Waals surface area contributed by atoms with Crippen LogP contribution < -0.4 is 5.32 Å². The molecule has 1 aliphatic rings. The summed E-state index contributed by atoms with van der Waals surface area (Å²) >= 11 is 3.02.